The molecule has 0 aliphatic carbocycles. The lowest BCUT2D eigenvalue weighted by Gasteiger charge is -2.13. The predicted octanol–water partition coefficient (Wildman–Crippen LogP) is 4.44. The van der Waals surface area contributed by atoms with Crippen molar-refractivity contribution in [2.24, 2.45) is 0 Å². The van der Waals surface area contributed by atoms with E-state index in [4.69, 9.17) is 26.7 Å². The number of carbonyl (C=O) groups is 1. The number of hydrogen-bond acceptors (Lipinski definition) is 4. The van der Waals surface area contributed by atoms with Crippen LogP contribution in [0, 0.1) is 0 Å². The zero-order valence-electron chi connectivity index (χ0n) is 25.9. The van der Waals surface area contributed by atoms with Crippen molar-refractivity contribution in [1.82, 2.24) is 5.32 Å². The molecule has 0 aliphatic heterocycles. The highest BCUT2D eigenvalue weighted by Crippen LogP contribution is 2.23. The van der Waals surface area contributed by atoms with Gasteiger partial charge in [0.05, 0.1) is 26.7 Å². The predicted molar refractivity (Wildman–Crippen MR) is 117 cm³/mol. The van der Waals surface area contributed by atoms with Crippen LogP contribution in [-0.2, 0) is 0 Å². The average Bonchev–Trinajstić information content (AvgIpc) is 2.87. The van der Waals surface area contributed by atoms with E-state index in [1.54, 1.807) is 0 Å². The molecule has 0 spiro atoms. The average molecular weight is 422 g/mol. The molecule has 0 heterocycles. The van der Waals surface area contributed by atoms with Gasteiger partial charge in [-0.25, -0.2) is 4.79 Å². The van der Waals surface area contributed by atoms with E-state index in [-0.39, 0.29) is 16.7 Å². The molecule has 0 aromatic heterocycles. The number of rotatable bonds is 9. The Hall–Kier alpha value is -2.86. The molecule has 0 saturated carbocycles. The van der Waals surface area contributed by atoms with Crippen LogP contribution in [0.15, 0.2) is 72.6 Å². The molecule has 0 fully saturated rings. The number of anilines is 1. The van der Waals surface area contributed by atoms with Gasteiger partial charge in [-0.1, -0.05) is 47.9 Å². The van der Waals surface area contributed by atoms with Gasteiger partial charge in [0.1, 0.15) is 0 Å². The molecule has 3 rings (SSSR count). The van der Waals surface area contributed by atoms with E-state index in [9.17, 15) is 15.0 Å². The van der Waals surface area contributed by atoms with Crippen LogP contribution >= 0.6 is 11.6 Å². The summed E-state index contributed by atoms with van der Waals surface area (Å²) in [6, 6.07) is 0.196. The summed E-state index contributed by atoms with van der Waals surface area (Å²) in [7, 11) is 0. The van der Waals surface area contributed by atoms with Crippen molar-refractivity contribution in [3.05, 3.63) is 88.8 Å². The second-order valence-corrected chi connectivity index (χ2v) is 6.05. The summed E-state index contributed by atoms with van der Waals surface area (Å²) in [6.45, 7) is -3.89. The van der Waals surface area contributed by atoms with Gasteiger partial charge in [0.25, 0.3) is 0 Å². The third kappa shape index (κ3) is 6.06. The molecular formula is C23H23ClN2O3. The Balaban J connectivity index is 1.89. The quantitative estimate of drug-likeness (QED) is 0.410. The van der Waals surface area contributed by atoms with Gasteiger partial charge in [0.2, 0.25) is 0 Å². The molecule has 0 unspecified atom stereocenters. The van der Waals surface area contributed by atoms with Crippen LogP contribution < -0.4 is 10.6 Å². The Bertz CT molecular complexity index is 1470. The van der Waals surface area contributed by atoms with Crippen LogP contribution in [0.5, 0.6) is 0 Å². The van der Waals surface area contributed by atoms with Crippen molar-refractivity contribution in [1.29, 1.82) is 0 Å². The fraction of sp³-hybridized carbons (Fsp3) is 0.174. The van der Waals surface area contributed by atoms with Gasteiger partial charge in [0, 0.05) is 30.3 Å². The molecule has 0 amide bonds. The van der Waals surface area contributed by atoms with E-state index >= 15 is 0 Å². The van der Waals surface area contributed by atoms with Crippen molar-refractivity contribution in [3.8, 4) is 11.1 Å². The standard InChI is InChI=1S/C23H23ClN2O3/c24-20-8-2-6-18(13-20)22(27)15-25-10-11-26-21-9-3-5-17(14-21)16-4-1-7-19(12-16)23(28)29/h1-9,12-14,22,25-27H,10-11,15H2,(H,28,29)/t22-/m0/s1/i2D,3D,5D,6D,8D,9D,11D2,13D,14D,22D. The Labute approximate surface area is 190 Å². The molecule has 150 valence electrons. The molecule has 0 saturated heterocycles. The lowest BCUT2D eigenvalue weighted by molar-refractivity contribution is 0.0697. The number of carboxylic acid groups (broad SMARTS) is 1. The van der Waals surface area contributed by atoms with Gasteiger partial charge in [0.15, 0.2) is 0 Å². The first-order valence-electron chi connectivity index (χ1n) is 13.8. The maximum atomic E-state index is 11.4. The van der Waals surface area contributed by atoms with E-state index < -0.39 is 96.2 Å². The lowest BCUT2D eigenvalue weighted by atomic mass is 10.0. The minimum Gasteiger partial charge on any atom is -0.478 e. The van der Waals surface area contributed by atoms with Crippen molar-refractivity contribution >= 4 is 23.3 Å². The lowest BCUT2D eigenvalue weighted by Crippen LogP contribution is -2.26. The Kier molecular flexibility index (Phi) is 3.75. The molecule has 4 N–H and O–H groups in total. The van der Waals surface area contributed by atoms with E-state index in [2.05, 4.69) is 10.6 Å². The zero-order valence-corrected chi connectivity index (χ0v) is 15.7. The van der Waals surface area contributed by atoms with Gasteiger partial charge >= 0.3 is 5.97 Å². The summed E-state index contributed by atoms with van der Waals surface area (Å²) >= 11 is 5.84. The summed E-state index contributed by atoms with van der Waals surface area (Å²) in [4.78, 5) is 11.4. The SMILES string of the molecule is [2H]c1c([2H])c(NC([2H])([2H])CNC[C@]([2H])(O)c2c([2H])c([2H])c([2H])c(Cl)c2[2H])c([2H])c(-c2cccc(C(=O)O)c2)c1[2H]. The van der Waals surface area contributed by atoms with Crippen LogP contribution in [0.4, 0.5) is 5.69 Å². The number of aromatic carboxylic acids is 1. The van der Waals surface area contributed by atoms with Gasteiger partial charge in [-0.3, -0.25) is 0 Å². The van der Waals surface area contributed by atoms with Crippen LogP contribution in [0.25, 0.3) is 11.1 Å². The van der Waals surface area contributed by atoms with E-state index in [0.717, 1.165) is 0 Å². The fourth-order valence-corrected chi connectivity index (χ4v) is 2.43. The second kappa shape index (κ2) is 10.1. The minimum absolute atomic E-state index is 0.105. The van der Waals surface area contributed by atoms with Gasteiger partial charge in [-0.15, -0.1) is 0 Å². The molecule has 6 heteroatoms. The van der Waals surface area contributed by atoms with Crippen molar-refractivity contribution in [3.63, 3.8) is 0 Å². The fourth-order valence-electron chi connectivity index (χ4n) is 2.29. The topological polar surface area (TPSA) is 81.6 Å². The van der Waals surface area contributed by atoms with Crippen molar-refractivity contribution in [2.75, 3.05) is 24.9 Å². The molecule has 3 aromatic rings. The third-order valence-corrected chi connectivity index (χ3v) is 3.81. The molecular weight excluding hydrogens is 388 g/mol. The molecule has 0 bridgehead atoms. The normalized spacial score (nSPS) is 18.8. The van der Waals surface area contributed by atoms with E-state index in [1.807, 2.05) is 0 Å². The van der Waals surface area contributed by atoms with Crippen LogP contribution in [0.2, 0.25) is 5.02 Å². The highest BCUT2D eigenvalue weighted by atomic mass is 35.5. The van der Waals surface area contributed by atoms with Gasteiger partial charge < -0.3 is 20.8 Å². The second-order valence-electron chi connectivity index (χ2n) is 5.68. The molecule has 1 atom stereocenters. The van der Waals surface area contributed by atoms with Crippen molar-refractivity contribution < 1.29 is 30.1 Å². The first-order valence-corrected chi connectivity index (χ1v) is 8.70. The minimum atomic E-state index is -2.72. The molecule has 0 aliphatic rings. The van der Waals surface area contributed by atoms with Crippen LogP contribution in [-0.4, -0.2) is 35.8 Å². The summed E-state index contributed by atoms with van der Waals surface area (Å²) in [5.74, 6) is -1.26. The number of aliphatic hydroxyl groups is 1. The maximum Gasteiger partial charge on any atom is 0.335 e. The third-order valence-electron chi connectivity index (χ3n) is 3.63. The summed E-state index contributed by atoms with van der Waals surface area (Å²) in [6.07, 6.45) is -2.72. The number of nitrogens with one attached hydrogen (secondary N) is 2. The summed E-state index contributed by atoms with van der Waals surface area (Å²) < 4.78 is 89.2. The Morgan fingerprint density at radius 2 is 2.03 bits per heavy atom. The van der Waals surface area contributed by atoms with E-state index in [1.165, 1.54) is 24.3 Å². The van der Waals surface area contributed by atoms with Gasteiger partial charge in [-0.05, 0) is 53.0 Å². The van der Waals surface area contributed by atoms with Crippen LogP contribution in [0.1, 0.15) is 37.1 Å². The first kappa shape index (κ1) is 10.8. The summed E-state index contributed by atoms with van der Waals surface area (Å²) in [5.41, 5.74) is -1.34. The smallest absolute Gasteiger partial charge is 0.335 e. The highest BCUT2D eigenvalue weighted by Gasteiger charge is 2.07. The van der Waals surface area contributed by atoms with E-state index in [0.29, 0.717) is 0 Å². The zero-order chi connectivity index (χ0) is 30.3. The highest BCUT2D eigenvalue weighted by molar-refractivity contribution is 6.30. The number of halogens is 1. The number of benzene rings is 3. The van der Waals surface area contributed by atoms with Gasteiger partial charge in [-0.2, -0.15) is 0 Å². The monoisotopic (exact) mass is 421 g/mol. The molecule has 29 heavy (non-hydrogen) atoms. The summed E-state index contributed by atoms with van der Waals surface area (Å²) in [5, 5.41) is 24.2. The number of hydrogen-bond donors (Lipinski definition) is 4. The first-order chi connectivity index (χ1) is 18.4. The molecule has 0 radical (unpaired) electrons. The molecule has 3 aromatic carbocycles. The molecule has 5 nitrogen and oxygen atoms in total. The largest absolute Gasteiger partial charge is 0.478 e. The Morgan fingerprint density at radius 1 is 1.21 bits per heavy atom. The maximum absolute atomic E-state index is 11.4. The van der Waals surface area contributed by atoms with Crippen molar-refractivity contribution in [2.45, 2.75) is 6.08 Å². The van der Waals surface area contributed by atoms with Crippen LogP contribution in [0.3, 0.4) is 0 Å². The number of carboxylic acids is 1. The Morgan fingerprint density at radius 3 is 2.86 bits per heavy atom.